The van der Waals surface area contributed by atoms with Crippen molar-refractivity contribution in [1.29, 1.82) is 0 Å². The van der Waals surface area contributed by atoms with E-state index in [1.165, 1.54) is 11.1 Å². The minimum Gasteiger partial charge on any atom is -0.488 e. The number of ether oxygens (including phenoxy) is 2. The highest BCUT2D eigenvalue weighted by Gasteiger charge is 2.96. The molecule has 3 aliphatic heterocycles. The first kappa shape index (κ1) is 27.3. The van der Waals surface area contributed by atoms with Crippen LogP contribution in [0.15, 0.2) is 35.7 Å². The van der Waals surface area contributed by atoms with Crippen LogP contribution in [0.4, 0.5) is 9.93 Å². The molecule has 4 heterocycles. The molecule has 0 radical (unpaired) electrons. The Hall–Kier alpha value is -3.59. The van der Waals surface area contributed by atoms with Crippen molar-refractivity contribution >= 4 is 28.5 Å². The highest BCUT2D eigenvalue weighted by atomic mass is 32.1. The summed E-state index contributed by atoms with van der Waals surface area (Å²) in [5.41, 5.74) is 6.53. The number of hydrogen-bond acceptors (Lipinski definition) is 7. The van der Waals surface area contributed by atoms with Gasteiger partial charge in [0.15, 0.2) is 5.13 Å². The van der Waals surface area contributed by atoms with Gasteiger partial charge in [-0.05, 0) is 81.8 Å². The highest BCUT2D eigenvalue weighted by Crippen LogP contribution is 2.86. The fourth-order valence-corrected chi connectivity index (χ4v) is 8.53. The molecule has 1 aromatic heterocycles. The predicted molar refractivity (Wildman–Crippen MR) is 161 cm³/mol. The molecule has 1 N–H and O–H groups in total. The van der Waals surface area contributed by atoms with Crippen LogP contribution in [-0.4, -0.2) is 51.3 Å². The molecule has 1 amide bonds. The molecule has 0 spiro atoms. The van der Waals surface area contributed by atoms with Crippen LogP contribution in [-0.2, 0) is 29.1 Å². The average Bonchev–Trinajstić information content (AvgIpc) is 3.67. The molecule has 42 heavy (non-hydrogen) atoms. The number of aromatic nitrogens is 1. The fourth-order valence-electron chi connectivity index (χ4n) is 7.58. The molecule has 220 valence electrons. The number of carboxylic acid groups (broad SMARTS) is 1. The van der Waals surface area contributed by atoms with Gasteiger partial charge in [0.2, 0.25) is 0 Å². The number of rotatable bonds is 6. The quantitative estimate of drug-likeness (QED) is 0.367. The first-order valence-corrected chi connectivity index (χ1v) is 15.6. The van der Waals surface area contributed by atoms with Crippen LogP contribution in [0.25, 0.3) is 11.3 Å². The van der Waals surface area contributed by atoms with Crippen molar-refractivity contribution in [2.75, 3.05) is 11.4 Å². The molecule has 9 heteroatoms. The zero-order chi connectivity index (χ0) is 29.7. The number of anilines is 1. The lowest BCUT2D eigenvalue weighted by atomic mass is 9.91. The number of carbonyl (C=O) groups is 2. The SMILES string of the molecule is Cc1cccc(-c2csc(N3C4C5[C@H]4C5(C(=O)O)[C@@H]3C)n2)c1OCc1ccc2c(c1C)CCN(C(=O)OC(C)(C)C)C2. The number of aliphatic carboxylic acids is 1. The van der Waals surface area contributed by atoms with Crippen molar-refractivity contribution in [2.24, 2.45) is 17.3 Å². The zero-order valence-electron chi connectivity index (χ0n) is 24.9. The van der Waals surface area contributed by atoms with Gasteiger partial charge >= 0.3 is 12.1 Å². The second kappa shape index (κ2) is 9.20. The molecule has 4 fully saturated rings. The monoisotopic (exact) mass is 587 g/mol. The number of fused-ring (bicyclic) bond motifs is 2. The van der Waals surface area contributed by atoms with E-state index in [-0.39, 0.29) is 24.0 Å². The lowest BCUT2D eigenvalue weighted by Gasteiger charge is -2.32. The number of nitrogens with zero attached hydrogens (tertiary/aromatic N) is 3. The lowest BCUT2D eigenvalue weighted by Crippen LogP contribution is -2.40. The van der Waals surface area contributed by atoms with Crippen molar-refractivity contribution in [3.63, 3.8) is 0 Å². The van der Waals surface area contributed by atoms with Gasteiger partial charge in [-0.2, -0.15) is 0 Å². The third kappa shape index (κ3) is 3.96. The van der Waals surface area contributed by atoms with Crippen LogP contribution in [0.5, 0.6) is 5.75 Å². The largest absolute Gasteiger partial charge is 0.488 e. The van der Waals surface area contributed by atoms with Gasteiger partial charge in [-0.3, -0.25) is 4.79 Å². The smallest absolute Gasteiger partial charge is 0.410 e. The first-order valence-electron chi connectivity index (χ1n) is 14.7. The summed E-state index contributed by atoms with van der Waals surface area (Å²) in [6, 6.07) is 10.6. The topological polar surface area (TPSA) is 92.2 Å². The number of carbonyl (C=O) groups excluding carboxylic acids is 1. The van der Waals surface area contributed by atoms with Crippen LogP contribution >= 0.6 is 11.3 Å². The number of para-hydroxylation sites is 1. The van der Waals surface area contributed by atoms with Crippen LogP contribution in [0.1, 0.15) is 55.5 Å². The van der Waals surface area contributed by atoms with Gasteiger partial charge in [-0.1, -0.05) is 24.3 Å². The van der Waals surface area contributed by atoms with Gasteiger partial charge in [-0.25, -0.2) is 9.78 Å². The van der Waals surface area contributed by atoms with Gasteiger partial charge in [0.05, 0.1) is 11.1 Å². The normalized spacial score (nSPS) is 26.9. The Morgan fingerprint density at radius 1 is 1.17 bits per heavy atom. The molecule has 8 rings (SSSR count). The van der Waals surface area contributed by atoms with Crippen LogP contribution in [0.3, 0.4) is 0 Å². The number of amides is 1. The average molecular weight is 588 g/mol. The molecule has 8 nitrogen and oxygen atoms in total. The molecular formula is C33H37N3O5S. The van der Waals surface area contributed by atoms with Gasteiger partial charge in [-0.15, -0.1) is 11.3 Å². The zero-order valence-corrected chi connectivity index (χ0v) is 25.7. The molecule has 5 aliphatic rings. The Morgan fingerprint density at radius 3 is 2.62 bits per heavy atom. The summed E-state index contributed by atoms with van der Waals surface area (Å²) in [5, 5.41) is 12.8. The minimum absolute atomic E-state index is 0.0366. The lowest BCUT2D eigenvalue weighted by molar-refractivity contribution is -0.145. The van der Waals surface area contributed by atoms with Crippen molar-refractivity contribution in [3.05, 3.63) is 63.5 Å². The standard InChI is InChI=1S/C33H37N3O5S/c1-17-8-7-9-23(24-16-42-30(34-24)36-19(3)33(29(37)38)25-26(33)27(25)36)28(17)40-15-21-11-10-20-14-35(13-12-22(20)18(21)2)31(39)41-32(4,5)6/h7-11,16,19,25-27H,12-15H2,1-6H3,(H,37,38)/t19-,25+,26?,27?,33?/m0/s1. The van der Waals surface area contributed by atoms with E-state index < -0.39 is 17.0 Å². The van der Waals surface area contributed by atoms with Crippen molar-refractivity contribution < 1.29 is 24.2 Å². The maximum Gasteiger partial charge on any atom is 0.410 e. The van der Waals surface area contributed by atoms with E-state index in [2.05, 4.69) is 42.3 Å². The fraction of sp³-hybridized carbons (Fsp3) is 0.485. The number of carboxylic acids is 1. The number of benzene rings is 2. The highest BCUT2D eigenvalue weighted by molar-refractivity contribution is 7.14. The van der Waals surface area contributed by atoms with Gasteiger partial charge in [0.25, 0.3) is 0 Å². The number of aryl methyl sites for hydroxylation is 1. The van der Waals surface area contributed by atoms with Crippen molar-refractivity contribution in [1.82, 2.24) is 9.88 Å². The van der Waals surface area contributed by atoms with Gasteiger partial charge in [0, 0.05) is 48.0 Å². The maximum absolute atomic E-state index is 12.6. The van der Waals surface area contributed by atoms with E-state index >= 15 is 0 Å². The van der Waals surface area contributed by atoms with E-state index in [0.29, 0.717) is 25.7 Å². The molecular weight excluding hydrogens is 550 g/mol. The summed E-state index contributed by atoms with van der Waals surface area (Å²) in [4.78, 5) is 33.6. The maximum atomic E-state index is 12.6. The number of hydrogen-bond donors (Lipinski definition) is 1. The predicted octanol–water partition coefficient (Wildman–Crippen LogP) is 6.21. The second-order valence-corrected chi connectivity index (χ2v) is 14.1. The molecule has 2 saturated heterocycles. The minimum atomic E-state index is -0.660. The first-order chi connectivity index (χ1) is 19.9. The van der Waals surface area contributed by atoms with Crippen LogP contribution in [0, 0.1) is 31.1 Å². The summed E-state index contributed by atoms with van der Waals surface area (Å²) in [6.45, 7) is 13.5. The molecule has 2 bridgehead atoms. The third-order valence-electron chi connectivity index (χ3n) is 9.80. The number of thiazole rings is 1. The van der Waals surface area contributed by atoms with Crippen molar-refractivity contribution in [3.8, 4) is 17.0 Å². The van der Waals surface area contributed by atoms with Crippen LogP contribution < -0.4 is 9.64 Å². The molecule has 2 aromatic carbocycles. The van der Waals surface area contributed by atoms with E-state index in [1.807, 2.05) is 39.8 Å². The summed E-state index contributed by atoms with van der Waals surface area (Å²) in [7, 11) is 0. The van der Waals surface area contributed by atoms with Crippen molar-refractivity contribution in [2.45, 2.75) is 78.8 Å². The summed E-state index contributed by atoms with van der Waals surface area (Å²) in [6.07, 6.45) is 0.515. The second-order valence-electron chi connectivity index (χ2n) is 13.3. The van der Waals surface area contributed by atoms with E-state index in [9.17, 15) is 14.7 Å². The third-order valence-corrected chi connectivity index (χ3v) is 10.7. The summed E-state index contributed by atoms with van der Waals surface area (Å²) in [5.74, 6) is 0.729. The Balaban J connectivity index is 1.08. The van der Waals surface area contributed by atoms with E-state index in [4.69, 9.17) is 14.5 Å². The Bertz CT molecular complexity index is 1610. The van der Waals surface area contributed by atoms with Gasteiger partial charge in [0.1, 0.15) is 18.0 Å². The molecule has 3 aromatic rings. The van der Waals surface area contributed by atoms with Crippen LogP contribution in [0.2, 0.25) is 0 Å². The molecule has 3 unspecified atom stereocenters. The summed E-state index contributed by atoms with van der Waals surface area (Å²) >= 11 is 1.58. The Morgan fingerprint density at radius 2 is 1.93 bits per heavy atom. The molecule has 2 aliphatic carbocycles. The Kier molecular flexibility index (Phi) is 5.97. The summed E-state index contributed by atoms with van der Waals surface area (Å²) < 4.78 is 12.1. The Labute approximate surface area is 250 Å². The molecule has 5 atom stereocenters. The van der Waals surface area contributed by atoms with Gasteiger partial charge < -0.3 is 24.4 Å². The van der Waals surface area contributed by atoms with E-state index in [0.717, 1.165) is 45.2 Å². The number of piperidine rings is 1. The molecule has 2 saturated carbocycles. The van der Waals surface area contributed by atoms with E-state index in [1.54, 1.807) is 16.2 Å².